The SMILES string of the molecule is CC(=O)c1ccc(N2C(=O)c3oc4cc(C)c(C)cc4c(=O)c3C2c2ccc(Cl)c(Cl)c2)cc1. The zero-order valence-corrected chi connectivity index (χ0v) is 20.1. The molecule has 0 aliphatic carbocycles. The number of carbonyl (C=O) groups excluding carboxylic acids is 2. The van der Waals surface area contributed by atoms with Gasteiger partial charge >= 0.3 is 0 Å². The van der Waals surface area contributed by atoms with E-state index >= 15 is 0 Å². The van der Waals surface area contributed by atoms with Gasteiger partial charge in [0, 0.05) is 11.3 Å². The molecule has 0 N–H and O–H groups in total. The number of hydrogen-bond donors (Lipinski definition) is 0. The van der Waals surface area contributed by atoms with E-state index in [0.717, 1.165) is 11.1 Å². The lowest BCUT2D eigenvalue weighted by molar-refractivity contribution is 0.0970. The summed E-state index contributed by atoms with van der Waals surface area (Å²) in [5.74, 6) is -0.538. The van der Waals surface area contributed by atoms with Crippen LogP contribution in [0.2, 0.25) is 10.0 Å². The van der Waals surface area contributed by atoms with Crippen LogP contribution in [0, 0.1) is 13.8 Å². The minimum atomic E-state index is -0.775. The molecule has 170 valence electrons. The highest BCUT2D eigenvalue weighted by Gasteiger charge is 2.43. The van der Waals surface area contributed by atoms with Gasteiger partial charge in [-0.1, -0.05) is 29.3 Å². The smallest absolute Gasteiger partial charge is 0.295 e. The summed E-state index contributed by atoms with van der Waals surface area (Å²) in [4.78, 5) is 40.7. The number of fused-ring (bicyclic) bond motifs is 2. The minimum absolute atomic E-state index is 0.00697. The Morgan fingerprint density at radius 1 is 0.912 bits per heavy atom. The molecule has 34 heavy (non-hydrogen) atoms. The standard InChI is InChI=1S/C27H19Cl2NO4/c1-13-10-19-22(11-14(13)2)34-26-23(25(19)32)24(17-6-9-20(28)21(29)12-17)30(27(26)33)18-7-4-16(5-8-18)15(3)31/h4-12,24H,1-3H3. The number of amides is 1. The molecular weight excluding hydrogens is 473 g/mol. The molecule has 5 rings (SSSR count). The van der Waals surface area contributed by atoms with Crippen molar-refractivity contribution < 1.29 is 14.0 Å². The third-order valence-corrected chi connectivity index (χ3v) is 7.04. The van der Waals surface area contributed by atoms with Crippen molar-refractivity contribution in [3.63, 3.8) is 0 Å². The number of benzene rings is 3. The molecule has 0 spiro atoms. The molecule has 7 heteroatoms. The van der Waals surface area contributed by atoms with E-state index in [1.807, 2.05) is 13.8 Å². The van der Waals surface area contributed by atoms with Crippen LogP contribution < -0.4 is 10.3 Å². The first-order valence-electron chi connectivity index (χ1n) is 10.6. The zero-order chi connectivity index (χ0) is 24.3. The van der Waals surface area contributed by atoms with Crippen LogP contribution in [0.3, 0.4) is 0 Å². The number of aryl methyl sites for hydroxylation is 2. The van der Waals surface area contributed by atoms with Crippen LogP contribution in [-0.2, 0) is 0 Å². The Bertz CT molecular complexity index is 1570. The highest BCUT2D eigenvalue weighted by atomic mass is 35.5. The third kappa shape index (κ3) is 3.44. The van der Waals surface area contributed by atoms with E-state index in [2.05, 4.69) is 0 Å². The molecular formula is C27H19Cl2NO4. The van der Waals surface area contributed by atoms with Crippen molar-refractivity contribution in [2.45, 2.75) is 26.8 Å². The van der Waals surface area contributed by atoms with Gasteiger partial charge in [0.05, 0.1) is 27.0 Å². The second-order valence-electron chi connectivity index (χ2n) is 8.46. The normalized spacial score (nSPS) is 15.1. The van der Waals surface area contributed by atoms with Gasteiger partial charge in [0.25, 0.3) is 5.91 Å². The molecule has 0 radical (unpaired) electrons. The summed E-state index contributed by atoms with van der Waals surface area (Å²) >= 11 is 12.4. The Morgan fingerprint density at radius 3 is 2.24 bits per heavy atom. The predicted octanol–water partition coefficient (Wildman–Crippen LogP) is 6.67. The Hall–Kier alpha value is -3.41. The van der Waals surface area contributed by atoms with Crippen molar-refractivity contribution in [1.29, 1.82) is 0 Å². The molecule has 0 saturated carbocycles. The van der Waals surface area contributed by atoms with Gasteiger partial charge in [0.15, 0.2) is 11.2 Å². The molecule has 3 aromatic carbocycles. The highest BCUT2D eigenvalue weighted by molar-refractivity contribution is 6.42. The molecule has 1 aliphatic rings. The molecule has 1 atom stereocenters. The first-order chi connectivity index (χ1) is 16.2. The molecule has 1 amide bonds. The maximum atomic E-state index is 13.7. The fourth-order valence-electron chi connectivity index (χ4n) is 4.35. The molecule has 4 aromatic rings. The van der Waals surface area contributed by atoms with E-state index in [1.165, 1.54) is 11.8 Å². The number of ketones is 1. The van der Waals surface area contributed by atoms with Crippen molar-refractivity contribution in [3.05, 3.63) is 108 Å². The van der Waals surface area contributed by atoms with E-state index < -0.39 is 11.9 Å². The van der Waals surface area contributed by atoms with Crippen LogP contribution in [-0.4, -0.2) is 11.7 Å². The maximum Gasteiger partial charge on any atom is 0.295 e. The first-order valence-corrected chi connectivity index (χ1v) is 11.4. The quantitative estimate of drug-likeness (QED) is 0.300. The van der Waals surface area contributed by atoms with Crippen molar-refractivity contribution in [2.75, 3.05) is 4.90 Å². The second-order valence-corrected chi connectivity index (χ2v) is 9.28. The number of rotatable bonds is 3. The van der Waals surface area contributed by atoms with Crippen LogP contribution in [0.4, 0.5) is 5.69 Å². The average Bonchev–Trinajstić information content (AvgIpc) is 3.10. The lowest BCUT2D eigenvalue weighted by Crippen LogP contribution is -2.29. The van der Waals surface area contributed by atoms with Crippen molar-refractivity contribution in [1.82, 2.24) is 0 Å². The summed E-state index contributed by atoms with van der Waals surface area (Å²) in [6.45, 7) is 5.32. The van der Waals surface area contributed by atoms with E-state index in [1.54, 1.807) is 54.6 Å². The summed E-state index contributed by atoms with van der Waals surface area (Å²) in [6, 6.07) is 14.5. The van der Waals surface area contributed by atoms with Gasteiger partial charge in [-0.2, -0.15) is 0 Å². The largest absolute Gasteiger partial charge is 0.450 e. The Balaban J connectivity index is 1.80. The molecule has 1 aliphatic heterocycles. The van der Waals surface area contributed by atoms with Gasteiger partial charge in [-0.05, 0) is 86.0 Å². The van der Waals surface area contributed by atoms with Crippen LogP contribution >= 0.6 is 23.2 Å². The number of nitrogens with zero attached hydrogens (tertiary/aromatic N) is 1. The van der Waals surface area contributed by atoms with Gasteiger partial charge in [-0.15, -0.1) is 0 Å². The summed E-state index contributed by atoms with van der Waals surface area (Å²) in [5, 5.41) is 1.08. The molecule has 5 nitrogen and oxygen atoms in total. The van der Waals surface area contributed by atoms with E-state index in [0.29, 0.717) is 37.8 Å². The Kier molecular flexibility index (Phi) is 5.34. The summed E-state index contributed by atoms with van der Waals surface area (Å²) in [5.41, 5.74) is 3.90. The number of hydrogen-bond acceptors (Lipinski definition) is 4. The topological polar surface area (TPSA) is 67.6 Å². The van der Waals surface area contributed by atoms with Crippen LogP contribution in [0.15, 0.2) is 63.8 Å². The molecule has 1 aromatic heterocycles. The average molecular weight is 492 g/mol. The number of carbonyl (C=O) groups is 2. The molecule has 2 heterocycles. The maximum absolute atomic E-state index is 13.7. The Morgan fingerprint density at radius 2 is 1.59 bits per heavy atom. The van der Waals surface area contributed by atoms with Crippen LogP contribution in [0.25, 0.3) is 11.0 Å². The molecule has 1 unspecified atom stereocenters. The van der Waals surface area contributed by atoms with Gasteiger partial charge < -0.3 is 4.42 Å². The predicted molar refractivity (Wildman–Crippen MR) is 134 cm³/mol. The summed E-state index contributed by atoms with van der Waals surface area (Å²) < 4.78 is 6.05. The van der Waals surface area contributed by atoms with E-state index in [9.17, 15) is 14.4 Å². The van der Waals surface area contributed by atoms with Crippen molar-refractivity contribution in [2.24, 2.45) is 0 Å². The fourth-order valence-corrected chi connectivity index (χ4v) is 4.66. The van der Waals surface area contributed by atoms with Gasteiger partial charge in [-0.3, -0.25) is 19.3 Å². The third-order valence-electron chi connectivity index (χ3n) is 6.30. The van der Waals surface area contributed by atoms with E-state index in [4.69, 9.17) is 27.6 Å². The van der Waals surface area contributed by atoms with Crippen LogP contribution in [0.1, 0.15) is 56.1 Å². The monoisotopic (exact) mass is 491 g/mol. The fraction of sp³-hybridized carbons (Fsp3) is 0.148. The minimum Gasteiger partial charge on any atom is -0.450 e. The lowest BCUT2D eigenvalue weighted by atomic mass is 9.97. The van der Waals surface area contributed by atoms with Gasteiger partial charge in [0.1, 0.15) is 5.58 Å². The van der Waals surface area contributed by atoms with Crippen LogP contribution in [0.5, 0.6) is 0 Å². The van der Waals surface area contributed by atoms with Crippen molar-refractivity contribution >= 4 is 51.5 Å². The van der Waals surface area contributed by atoms with Crippen molar-refractivity contribution in [3.8, 4) is 0 Å². The lowest BCUT2D eigenvalue weighted by Gasteiger charge is -2.25. The zero-order valence-electron chi connectivity index (χ0n) is 18.6. The summed E-state index contributed by atoms with van der Waals surface area (Å²) in [7, 11) is 0. The van der Waals surface area contributed by atoms with E-state index in [-0.39, 0.29) is 22.5 Å². The molecule has 0 saturated heterocycles. The second kappa shape index (κ2) is 8.12. The highest BCUT2D eigenvalue weighted by Crippen LogP contribution is 2.42. The molecule has 0 fully saturated rings. The number of anilines is 1. The first kappa shape index (κ1) is 22.4. The number of Topliss-reactive ketones (excluding diaryl/α,β-unsaturated/α-hetero) is 1. The number of halogens is 2. The van der Waals surface area contributed by atoms with Gasteiger partial charge in [0.2, 0.25) is 5.76 Å². The molecule has 0 bridgehead atoms. The Labute approximate surface area is 205 Å². The van der Waals surface area contributed by atoms with Gasteiger partial charge in [-0.25, -0.2) is 0 Å². The summed E-state index contributed by atoms with van der Waals surface area (Å²) in [6.07, 6.45) is 0.